The van der Waals surface area contributed by atoms with Gasteiger partial charge in [-0.25, -0.2) is 8.42 Å². The van der Waals surface area contributed by atoms with Crippen LogP contribution in [0.15, 0.2) is 72.8 Å². The molecule has 3 aromatic carbocycles. The van der Waals surface area contributed by atoms with E-state index in [1.165, 1.54) is 0 Å². The number of aryl methyl sites for hydroxylation is 1. The second-order valence-electron chi connectivity index (χ2n) is 7.88. The molecule has 0 amide bonds. The zero-order valence-electron chi connectivity index (χ0n) is 18.3. The molecule has 6 nitrogen and oxygen atoms in total. The third-order valence-electron chi connectivity index (χ3n) is 5.18. The third-order valence-corrected chi connectivity index (χ3v) is 5.77. The van der Waals surface area contributed by atoms with Crippen LogP contribution in [0.3, 0.4) is 0 Å². The fourth-order valence-corrected chi connectivity index (χ4v) is 4.21. The maximum absolute atomic E-state index is 11.8. The number of hydrogen-bond acceptors (Lipinski definition) is 4. The Morgan fingerprint density at radius 3 is 2.06 bits per heavy atom. The molecule has 0 radical (unpaired) electrons. The first-order chi connectivity index (χ1) is 15.2. The summed E-state index contributed by atoms with van der Waals surface area (Å²) in [7, 11) is -3.39. The summed E-state index contributed by atoms with van der Waals surface area (Å²) in [6.07, 6.45) is 1.76. The Labute approximate surface area is 189 Å². The number of rotatable bonds is 10. The topological polar surface area (TPSA) is 86.7 Å². The Hall–Kier alpha value is -3.32. The van der Waals surface area contributed by atoms with E-state index in [1.54, 1.807) is 6.07 Å². The predicted octanol–water partition coefficient (Wildman–Crippen LogP) is 4.59. The SMILES string of the molecule is Cc1c(NS(C)(=O)=O)cccc1N(Cc1ccccc1)Cc1ccc(CCC(=O)O)cc1. The lowest BCUT2D eigenvalue weighted by molar-refractivity contribution is -0.136. The fraction of sp³-hybridized carbons (Fsp3) is 0.240. The van der Waals surface area contributed by atoms with Crippen LogP contribution in [0.1, 0.15) is 28.7 Å². The Bertz CT molecular complexity index is 1160. The summed E-state index contributed by atoms with van der Waals surface area (Å²) in [4.78, 5) is 13.0. The lowest BCUT2D eigenvalue weighted by atomic mass is 10.1. The summed E-state index contributed by atoms with van der Waals surface area (Å²) in [5.74, 6) is -0.804. The smallest absolute Gasteiger partial charge is 0.303 e. The molecule has 0 unspecified atom stereocenters. The van der Waals surface area contributed by atoms with Gasteiger partial charge >= 0.3 is 5.97 Å². The van der Waals surface area contributed by atoms with E-state index < -0.39 is 16.0 Å². The molecule has 32 heavy (non-hydrogen) atoms. The molecule has 0 heterocycles. The largest absolute Gasteiger partial charge is 0.481 e. The standard InChI is InChI=1S/C25H28N2O4S/c1-19-23(26-32(2,30)31)9-6-10-24(19)27(17-21-7-4-3-5-8-21)18-22-13-11-20(12-14-22)15-16-25(28)29/h3-14,26H,15-18H2,1-2H3,(H,28,29). The molecular formula is C25H28N2O4S. The number of nitrogens with zero attached hydrogens (tertiary/aromatic N) is 1. The van der Waals surface area contributed by atoms with E-state index >= 15 is 0 Å². The van der Waals surface area contributed by atoms with Crippen molar-refractivity contribution in [3.8, 4) is 0 Å². The molecular weight excluding hydrogens is 424 g/mol. The molecule has 0 saturated heterocycles. The van der Waals surface area contributed by atoms with Gasteiger partial charge in [0.25, 0.3) is 0 Å². The Kier molecular flexibility index (Phi) is 7.53. The highest BCUT2D eigenvalue weighted by molar-refractivity contribution is 7.92. The highest BCUT2D eigenvalue weighted by atomic mass is 32.2. The van der Waals surface area contributed by atoms with Gasteiger partial charge in [-0.15, -0.1) is 0 Å². The van der Waals surface area contributed by atoms with Crippen LogP contribution in [-0.4, -0.2) is 25.7 Å². The minimum absolute atomic E-state index is 0.110. The monoisotopic (exact) mass is 452 g/mol. The van der Waals surface area contributed by atoms with Crippen molar-refractivity contribution >= 4 is 27.4 Å². The number of benzene rings is 3. The van der Waals surface area contributed by atoms with Crippen LogP contribution in [0, 0.1) is 6.92 Å². The van der Waals surface area contributed by atoms with Crippen LogP contribution >= 0.6 is 0 Å². The number of carboxylic acid groups (broad SMARTS) is 1. The lowest BCUT2D eigenvalue weighted by Gasteiger charge is -2.28. The highest BCUT2D eigenvalue weighted by Gasteiger charge is 2.15. The molecule has 0 atom stereocenters. The Morgan fingerprint density at radius 2 is 1.47 bits per heavy atom. The van der Waals surface area contributed by atoms with E-state index in [0.29, 0.717) is 25.2 Å². The molecule has 168 valence electrons. The van der Waals surface area contributed by atoms with Crippen molar-refractivity contribution in [2.24, 2.45) is 0 Å². The summed E-state index contributed by atoms with van der Waals surface area (Å²) in [6.45, 7) is 3.19. The number of sulfonamides is 1. The van der Waals surface area contributed by atoms with Gasteiger partial charge in [0.15, 0.2) is 0 Å². The quantitative estimate of drug-likeness (QED) is 0.470. The average Bonchev–Trinajstić information content (AvgIpc) is 2.74. The Morgan fingerprint density at radius 1 is 0.875 bits per heavy atom. The number of aliphatic carboxylic acids is 1. The van der Waals surface area contributed by atoms with Crippen LogP contribution < -0.4 is 9.62 Å². The van der Waals surface area contributed by atoms with Gasteiger partial charge in [0.2, 0.25) is 10.0 Å². The van der Waals surface area contributed by atoms with Gasteiger partial charge in [-0.05, 0) is 47.7 Å². The van der Waals surface area contributed by atoms with Crippen LogP contribution in [0.5, 0.6) is 0 Å². The molecule has 0 fully saturated rings. The summed E-state index contributed by atoms with van der Waals surface area (Å²) in [5.41, 5.74) is 5.57. The number of anilines is 2. The van der Waals surface area contributed by atoms with Gasteiger partial charge in [-0.1, -0.05) is 60.7 Å². The Balaban J connectivity index is 1.89. The highest BCUT2D eigenvalue weighted by Crippen LogP contribution is 2.30. The summed E-state index contributed by atoms with van der Waals surface area (Å²) in [5, 5.41) is 8.88. The van der Waals surface area contributed by atoms with E-state index in [9.17, 15) is 13.2 Å². The van der Waals surface area contributed by atoms with Crippen LogP contribution in [-0.2, 0) is 34.3 Å². The first-order valence-corrected chi connectivity index (χ1v) is 12.3. The van der Waals surface area contributed by atoms with Gasteiger partial charge < -0.3 is 10.0 Å². The van der Waals surface area contributed by atoms with Crippen molar-refractivity contribution < 1.29 is 18.3 Å². The van der Waals surface area contributed by atoms with Gasteiger partial charge in [0.05, 0.1) is 11.9 Å². The van der Waals surface area contributed by atoms with Crippen LogP contribution in [0.2, 0.25) is 0 Å². The first-order valence-electron chi connectivity index (χ1n) is 10.4. The maximum Gasteiger partial charge on any atom is 0.303 e. The van der Waals surface area contributed by atoms with Gasteiger partial charge in [-0.3, -0.25) is 9.52 Å². The zero-order chi connectivity index (χ0) is 23.1. The molecule has 0 spiro atoms. The van der Waals surface area contributed by atoms with Crippen molar-refractivity contribution in [2.45, 2.75) is 32.9 Å². The van der Waals surface area contributed by atoms with E-state index in [2.05, 4.69) is 21.8 Å². The first kappa shape index (κ1) is 23.3. The average molecular weight is 453 g/mol. The zero-order valence-corrected chi connectivity index (χ0v) is 19.1. The molecule has 2 N–H and O–H groups in total. The van der Waals surface area contributed by atoms with Crippen LogP contribution in [0.4, 0.5) is 11.4 Å². The van der Waals surface area contributed by atoms with Gasteiger partial charge in [-0.2, -0.15) is 0 Å². The molecule has 0 aliphatic rings. The minimum Gasteiger partial charge on any atom is -0.481 e. The maximum atomic E-state index is 11.8. The molecule has 3 rings (SSSR count). The van der Waals surface area contributed by atoms with Gasteiger partial charge in [0.1, 0.15) is 0 Å². The molecule has 0 aromatic heterocycles. The molecule has 7 heteroatoms. The minimum atomic E-state index is -3.39. The third kappa shape index (κ3) is 6.85. The summed E-state index contributed by atoms with van der Waals surface area (Å²) < 4.78 is 26.2. The van der Waals surface area contributed by atoms with E-state index in [-0.39, 0.29) is 6.42 Å². The molecule has 0 bridgehead atoms. The molecule has 0 saturated carbocycles. The van der Waals surface area contributed by atoms with Crippen LogP contribution in [0.25, 0.3) is 0 Å². The second-order valence-corrected chi connectivity index (χ2v) is 9.62. The van der Waals surface area contributed by atoms with E-state index in [1.807, 2.05) is 61.5 Å². The predicted molar refractivity (Wildman–Crippen MR) is 128 cm³/mol. The van der Waals surface area contributed by atoms with Crippen molar-refractivity contribution in [3.63, 3.8) is 0 Å². The number of nitrogens with one attached hydrogen (secondary N) is 1. The molecule has 3 aromatic rings. The van der Waals surface area contributed by atoms with Crippen molar-refractivity contribution in [1.29, 1.82) is 0 Å². The van der Waals surface area contributed by atoms with E-state index in [0.717, 1.165) is 34.2 Å². The summed E-state index contributed by atoms with van der Waals surface area (Å²) >= 11 is 0. The number of hydrogen-bond donors (Lipinski definition) is 2. The van der Waals surface area contributed by atoms with Gasteiger partial charge in [0, 0.05) is 25.2 Å². The molecule has 0 aliphatic carbocycles. The van der Waals surface area contributed by atoms with E-state index in [4.69, 9.17) is 5.11 Å². The molecule has 0 aliphatic heterocycles. The lowest BCUT2D eigenvalue weighted by Crippen LogP contribution is -2.23. The number of carboxylic acids is 1. The summed E-state index contributed by atoms with van der Waals surface area (Å²) in [6, 6.07) is 23.7. The van der Waals surface area contributed by atoms with Crippen molar-refractivity contribution in [3.05, 3.63) is 95.1 Å². The van der Waals surface area contributed by atoms with Crippen molar-refractivity contribution in [2.75, 3.05) is 15.9 Å². The fourth-order valence-electron chi connectivity index (χ4n) is 3.59. The van der Waals surface area contributed by atoms with Crippen molar-refractivity contribution in [1.82, 2.24) is 0 Å². The number of carbonyl (C=O) groups is 1. The normalized spacial score (nSPS) is 11.2. The second kappa shape index (κ2) is 10.3.